The topological polar surface area (TPSA) is 82.2 Å². The predicted molar refractivity (Wildman–Crippen MR) is 109 cm³/mol. The van der Waals surface area contributed by atoms with E-state index < -0.39 is 11.5 Å². The van der Waals surface area contributed by atoms with Crippen LogP contribution in [0.25, 0.3) is 10.2 Å². The number of carbonyl (C=O) groups excluding carboxylic acids is 1. The highest BCUT2D eigenvalue weighted by molar-refractivity contribution is 7.18. The van der Waals surface area contributed by atoms with Gasteiger partial charge in [0.15, 0.2) is 0 Å². The minimum absolute atomic E-state index is 0.238. The smallest absolute Gasteiger partial charge is 0.265 e. The summed E-state index contributed by atoms with van der Waals surface area (Å²) in [6.45, 7) is 4.03. The molecule has 2 heterocycles. The molecule has 0 spiro atoms. The Kier molecular flexibility index (Phi) is 4.48. The number of hydrogen-bond donors (Lipinski definition) is 3. The van der Waals surface area contributed by atoms with Crippen LogP contribution in [0.15, 0.2) is 23.0 Å². The number of H-pyrrole nitrogens is 1. The van der Waals surface area contributed by atoms with E-state index in [2.05, 4.69) is 17.2 Å². The quantitative estimate of drug-likeness (QED) is 0.584. The summed E-state index contributed by atoms with van der Waals surface area (Å²) >= 11 is 7.49. The second-order valence-corrected chi connectivity index (χ2v) is 8.69. The number of halogens is 1. The number of thiophene rings is 1. The van der Waals surface area contributed by atoms with Crippen molar-refractivity contribution in [2.24, 2.45) is 5.92 Å². The molecule has 27 heavy (non-hydrogen) atoms. The summed E-state index contributed by atoms with van der Waals surface area (Å²) in [5.41, 5.74) is 1.51. The summed E-state index contributed by atoms with van der Waals surface area (Å²) in [5, 5.41) is 14.6. The van der Waals surface area contributed by atoms with Crippen LogP contribution in [-0.4, -0.2) is 16.0 Å². The Morgan fingerprint density at radius 2 is 2.19 bits per heavy atom. The number of benzene rings is 1. The number of fused-ring (bicyclic) bond motifs is 3. The number of aromatic amines is 1. The Labute approximate surface area is 165 Å². The maximum atomic E-state index is 12.8. The van der Waals surface area contributed by atoms with Gasteiger partial charge in [-0.1, -0.05) is 24.6 Å². The van der Waals surface area contributed by atoms with Gasteiger partial charge >= 0.3 is 0 Å². The van der Waals surface area contributed by atoms with Gasteiger partial charge in [0.2, 0.25) is 0 Å². The lowest BCUT2D eigenvalue weighted by atomic mass is 9.89. The maximum Gasteiger partial charge on any atom is 0.265 e. The van der Waals surface area contributed by atoms with Gasteiger partial charge in [0.05, 0.1) is 5.39 Å². The van der Waals surface area contributed by atoms with Crippen molar-refractivity contribution in [1.82, 2.24) is 4.98 Å². The van der Waals surface area contributed by atoms with Gasteiger partial charge in [-0.25, -0.2) is 0 Å². The van der Waals surface area contributed by atoms with Gasteiger partial charge in [0, 0.05) is 15.6 Å². The summed E-state index contributed by atoms with van der Waals surface area (Å²) in [7, 11) is 0. The zero-order valence-corrected chi connectivity index (χ0v) is 16.6. The van der Waals surface area contributed by atoms with Crippen LogP contribution in [0.3, 0.4) is 0 Å². The van der Waals surface area contributed by atoms with Crippen LogP contribution in [0.2, 0.25) is 5.02 Å². The van der Waals surface area contributed by atoms with E-state index in [-0.39, 0.29) is 11.3 Å². The summed E-state index contributed by atoms with van der Waals surface area (Å²) < 4.78 is 0. The fourth-order valence-corrected chi connectivity index (χ4v) is 5.19. The Balaban J connectivity index is 1.81. The molecule has 0 bridgehead atoms. The second-order valence-electron chi connectivity index (χ2n) is 7.15. The van der Waals surface area contributed by atoms with Crippen LogP contribution in [0.1, 0.15) is 39.7 Å². The number of rotatable bonds is 2. The van der Waals surface area contributed by atoms with Gasteiger partial charge < -0.3 is 15.4 Å². The van der Waals surface area contributed by atoms with Crippen molar-refractivity contribution in [3.8, 4) is 5.75 Å². The monoisotopic (exact) mass is 402 g/mol. The third kappa shape index (κ3) is 3.13. The first-order valence-corrected chi connectivity index (χ1v) is 10.0. The molecule has 3 N–H and O–H groups in total. The van der Waals surface area contributed by atoms with Gasteiger partial charge in [0.1, 0.15) is 16.1 Å². The molecule has 3 aromatic rings. The molecule has 1 amide bonds. The van der Waals surface area contributed by atoms with Crippen molar-refractivity contribution in [2.75, 3.05) is 5.32 Å². The van der Waals surface area contributed by atoms with E-state index in [0.717, 1.165) is 30.4 Å². The third-order valence-corrected chi connectivity index (χ3v) is 6.52. The largest absolute Gasteiger partial charge is 0.506 e. The first-order chi connectivity index (χ1) is 12.8. The molecule has 0 radical (unpaired) electrons. The average Bonchev–Trinajstić information content (AvgIpc) is 2.95. The van der Waals surface area contributed by atoms with Gasteiger partial charge in [-0.15, -0.1) is 11.3 Å². The number of anilines is 1. The van der Waals surface area contributed by atoms with Gasteiger partial charge in [-0.3, -0.25) is 9.59 Å². The molecule has 1 aliphatic rings. The van der Waals surface area contributed by atoms with E-state index in [4.69, 9.17) is 11.6 Å². The van der Waals surface area contributed by atoms with Crippen LogP contribution in [0, 0.1) is 12.8 Å². The minimum Gasteiger partial charge on any atom is -0.506 e. The molecular weight excluding hydrogens is 384 g/mol. The zero-order chi connectivity index (χ0) is 19.3. The van der Waals surface area contributed by atoms with E-state index in [1.165, 1.54) is 16.2 Å². The number of hydrogen-bond acceptors (Lipinski definition) is 4. The molecular formula is C20H19ClN2O3S. The van der Waals surface area contributed by atoms with Crippen LogP contribution in [0.5, 0.6) is 5.75 Å². The number of aromatic hydroxyl groups is 1. The molecule has 1 aliphatic carbocycles. The fourth-order valence-electron chi connectivity index (χ4n) is 3.61. The standard InChI is InChI=1S/C20H19ClN2O3S/c1-9-3-6-12-14(7-9)27-20-15(12)17(24)16(19(26)23-20)18(25)22-13-8-11(21)5-4-10(13)2/h4-5,8-9H,3,6-7H2,1-2H3,(H,22,25)(H2,23,24,26). The third-order valence-electron chi connectivity index (χ3n) is 5.11. The van der Waals surface area contributed by atoms with Crippen LogP contribution >= 0.6 is 22.9 Å². The lowest BCUT2D eigenvalue weighted by Crippen LogP contribution is -2.23. The van der Waals surface area contributed by atoms with Crippen molar-refractivity contribution in [1.29, 1.82) is 0 Å². The number of nitrogens with one attached hydrogen (secondary N) is 2. The fraction of sp³-hybridized carbons (Fsp3) is 0.300. The van der Waals surface area contributed by atoms with Crippen molar-refractivity contribution in [3.63, 3.8) is 0 Å². The lowest BCUT2D eigenvalue weighted by molar-refractivity contribution is 0.102. The molecule has 0 aliphatic heterocycles. The van der Waals surface area contributed by atoms with E-state index in [9.17, 15) is 14.7 Å². The average molecular weight is 403 g/mol. The molecule has 0 saturated heterocycles. The van der Waals surface area contributed by atoms with Crippen LogP contribution < -0.4 is 10.9 Å². The molecule has 7 heteroatoms. The number of pyridine rings is 1. The highest BCUT2D eigenvalue weighted by Crippen LogP contribution is 2.41. The van der Waals surface area contributed by atoms with Gasteiger partial charge in [0.25, 0.3) is 11.5 Å². The van der Waals surface area contributed by atoms with Crippen LogP contribution in [0.4, 0.5) is 5.69 Å². The van der Waals surface area contributed by atoms with E-state index in [1.807, 2.05) is 6.92 Å². The SMILES string of the molecule is Cc1ccc(Cl)cc1NC(=O)c1c(O)c2c3c(sc2[nH]c1=O)CC(C)CC3. The molecule has 1 aromatic carbocycles. The highest BCUT2D eigenvalue weighted by atomic mass is 35.5. The normalized spacial score (nSPS) is 16.3. The molecule has 1 atom stereocenters. The Hall–Kier alpha value is -2.31. The molecule has 5 nitrogen and oxygen atoms in total. The number of aromatic nitrogens is 1. The summed E-state index contributed by atoms with van der Waals surface area (Å²) in [5.74, 6) is -0.309. The van der Waals surface area contributed by atoms with Crippen molar-refractivity contribution >= 4 is 44.7 Å². The van der Waals surface area contributed by atoms with Crippen molar-refractivity contribution in [3.05, 3.63) is 55.1 Å². The number of carbonyl (C=O) groups is 1. The van der Waals surface area contributed by atoms with E-state index in [0.29, 0.717) is 26.8 Å². The predicted octanol–water partition coefficient (Wildman–Crippen LogP) is 4.63. The van der Waals surface area contributed by atoms with Crippen molar-refractivity contribution < 1.29 is 9.90 Å². The summed E-state index contributed by atoms with van der Waals surface area (Å²) in [6.07, 6.45) is 2.80. The molecule has 0 saturated carbocycles. The Bertz CT molecular complexity index is 1130. The maximum absolute atomic E-state index is 12.8. The molecule has 0 fully saturated rings. The highest BCUT2D eigenvalue weighted by Gasteiger charge is 2.27. The van der Waals surface area contributed by atoms with Crippen molar-refractivity contribution in [2.45, 2.75) is 33.1 Å². The van der Waals surface area contributed by atoms with E-state index in [1.54, 1.807) is 18.2 Å². The summed E-state index contributed by atoms with van der Waals surface area (Å²) in [6, 6.07) is 5.12. The van der Waals surface area contributed by atoms with Gasteiger partial charge in [-0.2, -0.15) is 0 Å². The number of amides is 1. The number of aryl methyl sites for hydroxylation is 2. The summed E-state index contributed by atoms with van der Waals surface area (Å²) in [4.78, 5) is 29.9. The zero-order valence-electron chi connectivity index (χ0n) is 15.0. The Morgan fingerprint density at radius 1 is 1.41 bits per heavy atom. The molecule has 1 unspecified atom stereocenters. The lowest BCUT2D eigenvalue weighted by Gasteiger charge is -2.18. The minimum atomic E-state index is -0.648. The first-order valence-electron chi connectivity index (χ1n) is 8.82. The molecule has 2 aromatic heterocycles. The first kappa shape index (κ1) is 18.1. The molecule has 4 rings (SSSR count). The van der Waals surface area contributed by atoms with Crippen LogP contribution in [-0.2, 0) is 12.8 Å². The van der Waals surface area contributed by atoms with Gasteiger partial charge in [-0.05, 0) is 55.4 Å². The molecule has 140 valence electrons. The second kappa shape index (κ2) is 6.69. The Morgan fingerprint density at radius 3 is 2.96 bits per heavy atom. The van der Waals surface area contributed by atoms with E-state index >= 15 is 0 Å².